The maximum atomic E-state index is 11.7. The highest BCUT2D eigenvalue weighted by Crippen LogP contribution is 2.44. The van der Waals surface area contributed by atoms with Crippen LogP contribution in [0.15, 0.2) is 206 Å². The molecule has 0 bridgehead atoms. The van der Waals surface area contributed by atoms with Gasteiger partial charge in [-0.25, -0.2) is 4.98 Å². The zero-order valence-corrected chi connectivity index (χ0v) is 45.0. The average molecular weight is 1090 g/mol. The summed E-state index contributed by atoms with van der Waals surface area (Å²) in [5, 5.41) is 94.8. The fourth-order valence-corrected chi connectivity index (χ4v) is 11.6. The molecule has 0 amide bonds. The summed E-state index contributed by atoms with van der Waals surface area (Å²) in [6, 6.07) is 83.4. The first-order chi connectivity index (χ1) is 42.1. The first-order valence-corrected chi connectivity index (χ1v) is 26.7. The van der Waals surface area contributed by atoms with Gasteiger partial charge in [0.25, 0.3) is 0 Å². The molecule has 0 N–H and O–H groups in total. The van der Waals surface area contributed by atoms with Crippen LogP contribution in [0.25, 0.3) is 122 Å². The lowest BCUT2D eigenvalue weighted by Gasteiger charge is -2.19. The number of hydrogen-bond donors (Lipinski definition) is 0. The van der Waals surface area contributed by atoms with Gasteiger partial charge in [0.05, 0.1) is 143 Å². The van der Waals surface area contributed by atoms with Gasteiger partial charge in [-0.15, -0.1) is 0 Å². The Morgan fingerprint density at radius 2 is 0.570 bits per heavy atom. The summed E-state index contributed by atoms with van der Waals surface area (Å²) >= 11 is 0. The number of rotatable bonds is 8. The highest BCUT2D eigenvalue weighted by Gasteiger charge is 2.25. The molecular weight excluding hydrogens is 1060 g/mol. The SMILES string of the molecule is N#Cc1cc(C#N)cc(-c2ccc3c(c2)c2cc(-c4cc(C#N)cc(C#N)c4)ccc2n3-c2cc(-c3cccc(-c4ccccc4)n3)c(-n3c4ccc(-c5cc(C#N)cc(C#N)c5)cc4c4cc(-c5cc(C#N)cc(C#N)c5)ccc43)cc2C#N)c1. The van der Waals surface area contributed by atoms with Crippen LogP contribution < -0.4 is 0 Å². The highest BCUT2D eigenvalue weighted by atomic mass is 15.0. The van der Waals surface area contributed by atoms with E-state index >= 15 is 0 Å². The second-order valence-corrected chi connectivity index (χ2v) is 20.5. The molecule has 0 atom stereocenters. The van der Waals surface area contributed by atoms with Crippen molar-refractivity contribution in [2.75, 3.05) is 0 Å². The highest BCUT2D eigenvalue weighted by molar-refractivity contribution is 6.14. The molecule has 0 radical (unpaired) electrons. The van der Waals surface area contributed by atoms with Crippen molar-refractivity contribution >= 4 is 43.6 Å². The molecule has 3 aromatic heterocycles. The van der Waals surface area contributed by atoms with E-state index in [0.29, 0.717) is 101 Å². The molecule has 390 valence electrons. The molecule has 13 aromatic rings. The summed E-state index contributed by atoms with van der Waals surface area (Å²) in [6.45, 7) is 0. The first kappa shape index (κ1) is 51.8. The average Bonchev–Trinajstić information content (AvgIpc) is 1.66. The zero-order valence-electron chi connectivity index (χ0n) is 45.0. The summed E-state index contributed by atoms with van der Waals surface area (Å²) in [6.07, 6.45) is 0. The summed E-state index contributed by atoms with van der Waals surface area (Å²) in [4.78, 5) is 5.36. The van der Waals surface area contributed by atoms with Crippen LogP contribution in [-0.2, 0) is 0 Å². The van der Waals surface area contributed by atoms with Gasteiger partial charge >= 0.3 is 0 Å². The summed E-state index contributed by atoms with van der Waals surface area (Å²) in [5.41, 5.74) is 15.4. The lowest BCUT2D eigenvalue weighted by Crippen LogP contribution is -2.04. The van der Waals surface area contributed by atoms with E-state index in [-0.39, 0.29) is 0 Å². The molecule has 10 aromatic carbocycles. The first-order valence-electron chi connectivity index (χ1n) is 26.7. The van der Waals surface area contributed by atoms with Crippen LogP contribution in [0.3, 0.4) is 0 Å². The van der Waals surface area contributed by atoms with E-state index in [0.717, 1.165) is 71.4 Å². The number of hydrogen-bond acceptors (Lipinski definition) is 10. The van der Waals surface area contributed by atoms with Gasteiger partial charge in [-0.2, -0.15) is 47.4 Å². The van der Waals surface area contributed by atoms with E-state index < -0.39 is 0 Å². The Morgan fingerprint density at radius 1 is 0.244 bits per heavy atom. The van der Waals surface area contributed by atoms with Crippen LogP contribution in [0.1, 0.15) is 50.1 Å². The number of fused-ring (bicyclic) bond motifs is 6. The second-order valence-electron chi connectivity index (χ2n) is 20.5. The van der Waals surface area contributed by atoms with Gasteiger partial charge in [0.15, 0.2) is 0 Å². The predicted octanol–water partition coefficient (Wildman–Crippen LogP) is 16.1. The van der Waals surface area contributed by atoms with Crippen LogP contribution in [-0.4, -0.2) is 14.1 Å². The molecule has 3 heterocycles. The maximum absolute atomic E-state index is 11.7. The van der Waals surface area contributed by atoms with Crippen LogP contribution in [0, 0.1) is 102 Å². The molecule has 12 heteroatoms. The van der Waals surface area contributed by atoms with Crippen molar-refractivity contribution in [1.82, 2.24) is 14.1 Å². The Labute approximate surface area is 491 Å². The van der Waals surface area contributed by atoms with Gasteiger partial charge in [0, 0.05) is 32.7 Å². The number of benzene rings is 10. The fourth-order valence-electron chi connectivity index (χ4n) is 11.6. The molecule has 0 spiro atoms. The molecule has 0 saturated heterocycles. The van der Waals surface area contributed by atoms with Gasteiger partial charge in [-0.1, -0.05) is 60.7 Å². The summed E-state index contributed by atoms with van der Waals surface area (Å²) in [7, 11) is 0. The minimum Gasteiger partial charge on any atom is -0.309 e. The van der Waals surface area contributed by atoms with Crippen molar-refractivity contribution in [3.8, 4) is 133 Å². The van der Waals surface area contributed by atoms with Gasteiger partial charge < -0.3 is 9.13 Å². The Hall–Kier alpha value is -13.6. The van der Waals surface area contributed by atoms with Gasteiger partial charge in [0.2, 0.25) is 0 Å². The largest absolute Gasteiger partial charge is 0.309 e. The molecule has 0 aliphatic carbocycles. The van der Waals surface area contributed by atoms with Crippen molar-refractivity contribution < 1.29 is 0 Å². The monoisotopic (exact) mass is 1090 g/mol. The van der Waals surface area contributed by atoms with Gasteiger partial charge in [0.1, 0.15) is 6.07 Å². The normalized spacial score (nSPS) is 10.7. The van der Waals surface area contributed by atoms with Gasteiger partial charge in [-0.3, -0.25) is 0 Å². The Balaban J connectivity index is 1.12. The van der Waals surface area contributed by atoms with E-state index in [1.165, 1.54) is 0 Å². The second kappa shape index (κ2) is 21.1. The Morgan fingerprint density at radius 3 is 0.895 bits per heavy atom. The van der Waals surface area contributed by atoms with E-state index in [9.17, 15) is 47.4 Å². The van der Waals surface area contributed by atoms with Crippen LogP contribution in [0.4, 0.5) is 0 Å². The molecule has 0 fully saturated rings. The van der Waals surface area contributed by atoms with Crippen molar-refractivity contribution in [3.63, 3.8) is 0 Å². The molecule has 0 aliphatic rings. The van der Waals surface area contributed by atoms with Crippen LogP contribution >= 0.6 is 0 Å². The molecular formula is C74H34N12. The molecule has 86 heavy (non-hydrogen) atoms. The lowest BCUT2D eigenvalue weighted by molar-refractivity contribution is 1.13. The van der Waals surface area contributed by atoms with E-state index in [2.05, 4.69) is 59.2 Å². The van der Waals surface area contributed by atoms with Gasteiger partial charge in [-0.05, 0) is 190 Å². The molecule has 0 unspecified atom stereocenters. The number of nitriles is 9. The van der Waals surface area contributed by atoms with Crippen molar-refractivity contribution in [1.29, 1.82) is 47.4 Å². The van der Waals surface area contributed by atoms with Crippen molar-refractivity contribution in [2.24, 2.45) is 0 Å². The number of aromatic nitrogens is 3. The smallest absolute Gasteiger partial charge is 0.101 e. The fraction of sp³-hybridized carbons (Fsp3) is 0. The lowest BCUT2D eigenvalue weighted by atomic mass is 9.97. The Kier molecular flexibility index (Phi) is 12.7. The third-order valence-electron chi connectivity index (χ3n) is 15.4. The van der Waals surface area contributed by atoms with Crippen LogP contribution in [0.2, 0.25) is 0 Å². The van der Waals surface area contributed by atoms with E-state index in [1.54, 1.807) is 72.8 Å². The van der Waals surface area contributed by atoms with Crippen molar-refractivity contribution in [3.05, 3.63) is 256 Å². The summed E-state index contributed by atoms with van der Waals surface area (Å²) in [5.74, 6) is 0. The van der Waals surface area contributed by atoms with E-state index in [4.69, 9.17) is 4.98 Å². The quantitative estimate of drug-likeness (QED) is 0.139. The number of pyridine rings is 1. The molecule has 0 saturated carbocycles. The molecule has 0 aliphatic heterocycles. The standard InChI is InChI=1S/C74H34N12/c75-35-44-17-45(36-76)22-57(21-44)53-9-13-69-62(29-53)63-30-54(58-23-46(37-77)18-47(24-58)38-78)10-14-70(63)85(69)73-34-66(68-8-4-7-67(84-68)52-5-2-1-3-6-52)74(33-61(73)43-83)86-71-15-11-55(59-25-48(39-79)19-49(26-59)40-80)31-64(71)65-32-56(12-16-72(65)86)60-27-50(41-81)20-51(28-60)42-82/h1-34H. The van der Waals surface area contributed by atoms with Crippen molar-refractivity contribution in [2.45, 2.75) is 0 Å². The number of nitrogens with zero attached hydrogens (tertiary/aromatic N) is 12. The minimum absolute atomic E-state index is 0.300. The zero-order chi connectivity index (χ0) is 59.2. The topological polar surface area (TPSA) is 237 Å². The molecule has 12 nitrogen and oxygen atoms in total. The molecule has 13 rings (SSSR count). The minimum atomic E-state index is 0.300. The summed E-state index contributed by atoms with van der Waals surface area (Å²) < 4.78 is 4.15. The predicted molar refractivity (Wildman–Crippen MR) is 328 cm³/mol. The van der Waals surface area contributed by atoms with Crippen LogP contribution in [0.5, 0.6) is 0 Å². The van der Waals surface area contributed by atoms with E-state index in [1.807, 2.05) is 138 Å². The third kappa shape index (κ3) is 8.96. The Bertz CT molecular complexity index is 5150. The third-order valence-corrected chi connectivity index (χ3v) is 15.4. The maximum Gasteiger partial charge on any atom is 0.101 e.